The first-order valence-corrected chi connectivity index (χ1v) is 5.11. The Hall–Kier alpha value is -1.30. The molecule has 0 aromatic rings. The van der Waals surface area contributed by atoms with Gasteiger partial charge in [-0.15, -0.1) is 0 Å². The first-order valence-electron chi connectivity index (χ1n) is 5.11. The topological polar surface area (TPSA) is 87.7 Å². The van der Waals surface area contributed by atoms with Crippen LogP contribution in [-0.2, 0) is 9.53 Å². The molecular weight excluding hydrogens is 212 g/mol. The van der Waals surface area contributed by atoms with Crippen LogP contribution in [0, 0.1) is 5.92 Å². The fraction of sp³-hybridized carbons (Fsp3) is 0.800. The van der Waals surface area contributed by atoms with Gasteiger partial charge in [-0.05, 0) is 26.7 Å². The summed E-state index contributed by atoms with van der Waals surface area (Å²) in [5.41, 5.74) is 4.02. The van der Waals surface area contributed by atoms with Gasteiger partial charge in [-0.1, -0.05) is 13.8 Å². The van der Waals surface area contributed by atoms with Crippen LogP contribution in [0.5, 0.6) is 0 Å². The van der Waals surface area contributed by atoms with Crippen molar-refractivity contribution >= 4 is 12.1 Å². The van der Waals surface area contributed by atoms with Gasteiger partial charge in [0.1, 0.15) is 11.6 Å². The molecule has 0 fully saturated rings. The van der Waals surface area contributed by atoms with Crippen molar-refractivity contribution in [2.45, 2.75) is 46.3 Å². The van der Waals surface area contributed by atoms with E-state index in [2.05, 4.69) is 10.9 Å². The predicted octanol–water partition coefficient (Wildman–Crippen LogP) is 1.12. The van der Waals surface area contributed by atoms with Crippen molar-refractivity contribution in [2.24, 2.45) is 5.92 Å². The van der Waals surface area contributed by atoms with Crippen LogP contribution < -0.4 is 10.9 Å². The third kappa shape index (κ3) is 6.23. The summed E-state index contributed by atoms with van der Waals surface area (Å²) in [4.78, 5) is 22.0. The van der Waals surface area contributed by atoms with E-state index in [0.717, 1.165) is 0 Å². The number of ether oxygens (including phenoxy) is 1. The Morgan fingerprint density at radius 3 is 2.06 bits per heavy atom. The van der Waals surface area contributed by atoms with Crippen molar-refractivity contribution in [3.63, 3.8) is 0 Å². The number of rotatable bonds is 4. The maximum Gasteiger partial charge on any atom is 0.422 e. The van der Waals surface area contributed by atoms with Crippen LogP contribution in [0.25, 0.3) is 0 Å². The van der Waals surface area contributed by atoms with Crippen molar-refractivity contribution in [1.82, 2.24) is 10.9 Å². The third-order valence-corrected chi connectivity index (χ3v) is 1.66. The maximum absolute atomic E-state index is 11.2. The number of carbonyl (C=O) groups excluding carboxylic acids is 1. The van der Waals surface area contributed by atoms with Gasteiger partial charge in [-0.2, -0.15) is 0 Å². The lowest BCUT2D eigenvalue weighted by Gasteiger charge is -2.22. The molecule has 0 saturated carbocycles. The maximum atomic E-state index is 11.2. The predicted molar refractivity (Wildman–Crippen MR) is 58.8 cm³/mol. The van der Waals surface area contributed by atoms with E-state index < -0.39 is 23.7 Å². The average Bonchev–Trinajstić information content (AvgIpc) is 1.98. The minimum atomic E-state index is -1.02. The Bertz CT molecular complexity index is 258. The molecule has 0 saturated heterocycles. The second-order valence-corrected chi connectivity index (χ2v) is 4.83. The highest BCUT2D eigenvalue weighted by Gasteiger charge is 2.23. The molecule has 0 bridgehead atoms. The molecule has 1 atom stereocenters. The summed E-state index contributed by atoms with van der Waals surface area (Å²) >= 11 is 0. The van der Waals surface area contributed by atoms with Crippen LogP contribution in [0.2, 0.25) is 0 Å². The Balaban J connectivity index is 4.12. The summed E-state index contributed by atoms with van der Waals surface area (Å²) in [5, 5.41) is 8.83. The van der Waals surface area contributed by atoms with E-state index in [1.54, 1.807) is 34.6 Å². The molecule has 0 aromatic carbocycles. The van der Waals surface area contributed by atoms with Crippen LogP contribution in [0.15, 0.2) is 0 Å². The number of aliphatic carboxylic acids is 1. The summed E-state index contributed by atoms with van der Waals surface area (Å²) in [6.07, 6.45) is -0.695. The first kappa shape index (κ1) is 14.7. The molecule has 0 aromatic heterocycles. The molecule has 0 heterocycles. The number of amides is 1. The summed E-state index contributed by atoms with van der Waals surface area (Å²) in [7, 11) is 0. The van der Waals surface area contributed by atoms with Crippen LogP contribution in [0.1, 0.15) is 34.6 Å². The summed E-state index contributed by atoms with van der Waals surface area (Å²) in [6.45, 7) is 8.65. The van der Waals surface area contributed by atoms with Crippen molar-refractivity contribution in [1.29, 1.82) is 0 Å². The SMILES string of the molecule is CC(C)[C@H](NNC(=O)OC(C)(C)C)C(=O)O. The van der Waals surface area contributed by atoms with Gasteiger partial charge in [0.2, 0.25) is 0 Å². The number of hydrazine groups is 1. The number of hydrogen-bond acceptors (Lipinski definition) is 4. The fourth-order valence-corrected chi connectivity index (χ4v) is 0.954. The highest BCUT2D eigenvalue weighted by Crippen LogP contribution is 2.06. The van der Waals surface area contributed by atoms with E-state index in [1.807, 2.05) is 0 Å². The molecule has 0 spiro atoms. The van der Waals surface area contributed by atoms with Crippen molar-refractivity contribution < 1.29 is 19.4 Å². The van der Waals surface area contributed by atoms with Crippen LogP contribution in [0.3, 0.4) is 0 Å². The number of carboxylic acid groups (broad SMARTS) is 1. The zero-order valence-electron chi connectivity index (χ0n) is 10.3. The van der Waals surface area contributed by atoms with Gasteiger partial charge in [0, 0.05) is 0 Å². The number of carbonyl (C=O) groups is 2. The average molecular weight is 232 g/mol. The van der Waals surface area contributed by atoms with Crippen LogP contribution in [0.4, 0.5) is 4.79 Å². The minimum Gasteiger partial charge on any atom is -0.480 e. The van der Waals surface area contributed by atoms with Gasteiger partial charge in [-0.3, -0.25) is 10.2 Å². The van der Waals surface area contributed by atoms with E-state index in [9.17, 15) is 9.59 Å². The summed E-state index contributed by atoms with van der Waals surface area (Å²) in [6, 6.07) is -0.840. The zero-order valence-corrected chi connectivity index (χ0v) is 10.3. The molecule has 6 heteroatoms. The standard InChI is InChI=1S/C10H20N2O4/c1-6(2)7(8(13)14)11-12-9(15)16-10(3,4)5/h6-7,11H,1-5H3,(H,12,15)(H,13,14)/t7-/m0/s1. The fourth-order valence-electron chi connectivity index (χ4n) is 0.954. The van der Waals surface area contributed by atoms with E-state index >= 15 is 0 Å². The molecular formula is C10H20N2O4. The molecule has 1 amide bonds. The van der Waals surface area contributed by atoms with Gasteiger partial charge in [0.15, 0.2) is 0 Å². The van der Waals surface area contributed by atoms with Gasteiger partial charge in [0.05, 0.1) is 0 Å². The molecule has 0 aliphatic carbocycles. The highest BCUT2D eigenvalue weighted by molar-refractivity contribution is 5.74. The molecule has 16 heavy (non-hydrogen) atoms. The van der Waals surface area contributed by atoms with E-state index in [1.165, 1.54) is 0 Å². The number of hydrogen-bond donors (Lipinski definition) is 3. The molecule has 0 radical (unpaired) electrons. The minimum absolute atomic E-state index is 0.146. The lowest BCUT2D eigenvalue weighted by molar-refractivity contribution is -0.140. The number of carboxylic acids is 1. The van der Waals surface area contributed by atoms with Gasteiger partial charge < -0.3 is 9.84 Å². The van der Waals surface area contributed by atoms with E-state index in [4.69, 9.17) is 9.84 Å². The molecule has 94 valence electrons. The normalized spacial score (nSPS) is 13.4. The van der Waals surface area contributed by atoms with Crippen molar-refractivity contribution in [3.05, 3.63) is 0 Å². The van der Waals surface area contributed by atoms with Gasteiger partial charge >= 0.3 is 12.1 Å². The monoisotopic (exact) mass is 232 g/mol. The lowest BCUT2D eigenvalue weighted by atomic mass is 10.1. The first-order chi connectivity index (χ1) is 7.13. The third-order valence-electron chi connectivity index (χ3n) is 1.66. The molecule has 0 aliphatic rings. The number of nitrogens with one attached hydrogen (secondary N) is 2. The van der Waals surface area contributed by atoms with E-state index in [-0.39, 0.29) is 5.92 Å². The smallest absolute Gasteiger partial charge is 0.422 e. The van der Waals surface area contributed by atoms with Crippen molar-refractivity contribution in [3.8, 4) is 0 Å². The highest BCUT2D eigenvalue weighted by atomic mass is 16.6. The summed E-state index contributed by atoms with van der Waals surface area (Å²) < 4.78 is 4.94. The lowest BCUT2D eigenvalue weighted by Crippen LogP contribution is -2.51. The molecule has 0 unspecified atom stereocenters. The molecule has 0 aliphatic heterocycles. The Labute approximate surface area is 95.3 Å². The Morgan fingerprint density at radius 1 is 1.25 bits per heavy atom. The Morgan fingerprint density at radius 2 is 1.75 bits per heavy atom. The summed E-state index contributed by atoms with van der Waals surface area (Å²) in [5.74, 6) is -1.17. The van der Waals surface area contributed by atoms with Gasteiger partial charge in [-0.25, -0.2) is 10.2 Å². The quantitative estimate of drug-likeness (QED) is 0.632. The zero-order chi connectivity index (χ0) is 12.9. The largest absolute Gasteiger partial charge is 0.480 e. The van der Waals surface area contributed by atoms with Crippen LogP contribution in [-0.4, -0.2) is 28.8 Å². The second-order valence-electron chi connectivity index (χ2n) is 4.83. The van der Waals surface area contributed by atoms with Crippen LogP contribution >= 0.6 is 0 Å². The van der Waals surface area contributed by atoms with Gasteiger partial charge in [0.25, 0.3) is 0 Å². The van der Waals surface area contributed by atoms with Crippen molar-refractivity contribution in [2.75, 3.05) is 0 Å². The molecule has 3 N–H and O–H groups in total. The molecule has 0 rings (SSSR count). The molecule has 6 nitrogen and oxygen atoms in total. The Kier molecular flexibility index (Phi) is 5.23. The van der Waals surface area contributed by atoms with E-state index in [0.29, 0.717) is 0 Å². The second kappa shape index (κ2) is 5.69.